The number of amides is 2. The summed E-state index contributed by atoms with van der Waals surface area (Å²) in [4.78, 5) is 32.5. The Hall–Kier alpha value is -3.28. The van der Waals surface area contributed by atoms with Crippen molar-refractivity contribution >= 4 is 22.9 Å². The summed E-state index contributed by atoms with van der Waals surface area (Å²) in [5, 5.41) is 4.25. The second-order valence-corrected chi connectivity index (χ2v) is 11.8. The average Bonchev–Trinajstić information content (AvgIpc) is 3.28. The van der Waals surface area contributed by atoms with Crippen LogP contribution in [0, 0.1) is 23.7 Å². The summed E-state index contributed by atoms with van der Waals surface area (Å²) in [6.45, 7) is 0.908. The molecule has 1 aromatic heterocycles. The smallest absolute Gasteiger partial charge is 0.411 e. The Morgan fingerprint density at radius 1 is 0.919 bits per heavy atom. The number of aromatic nitrogens is 1. The van der Waals surface area contributed by atoms with Crippen LogP contribution in [0.5, 0.6) is 0 Å². The maximum Gasteiger partial charge on any atom is 0.411 e. The molecule has 2 aromatic carbocycles. The van der Waals surface area contributed by atoms with E-state index in [9.17, 15) is 9.59 Å². The molecule has 1 unspecified atom stereocenters. The van der Waals surface area contributed by atoms with Gasteiger partial charge in [0.2, 0.25) is 5.91 Å². The van der Waals surface area contributed by atoms with E-state index in [0.717, 1.165) is 40.4 Å². The summed E-state index contributed by atoms with van der Waals surface area (Å²) in [5.41, 5.74) is 4.38. The topological polar surface area (TPSA) is 74.4 Å². The van der Waals surface area contributed by atoms with Crippen molar-refractivity contribution in [2.24, 2.45) is 23.7 Å². The zero-order valence-corrected chi connectivity index (χ0v) is 21.2. The molecule has 4 fully saturated rings. The third-order valence-electron chi connectivity index (χ3n) is 9.47. The highest BCUT2D eigenvalue weighted by Gasteiger charge is 2.50. The quantitative estimate of drug-likeness (QED) is 0.508. The largest absolute Gasteiger partial charge is 0.445 e. The maximum atomic E-state index is 13.7. The number of ether oxygens (including phenoxy) is 1. The van der Waals surface area contributed by atoms with E-state index >= 15 is 0 Å². The normalized spacial score (nSPS) is 29.8. The Morgan fingerprint density at radius 3 is 2.38 bits per heavy atom. The number of fused-ring (bicyclic) bond motifs is 3. The van der Waals surface area contributed by atoms with Crippen LogP contribution in [0.1, 0.15) is 48.9 Å². The van der Waals surface area contributed by atoms with Gasteiger partial charge in [0.1, 0.15) is 12.1 Å². The number of para-hydroxylation sites is 1. The van der Waals surface area contributed by atoms with E-state index in [1.54, 1.807) is 4.90 Å². The zero-order chi connectivity index (χ0) is 24.9. The molecule has 1 atom stereocenters. The van der Waals surface area contributed by atoms with Gasteiger partial charge in [-0.1, -0.05) is 48.5 Å². The lowest BCUT2D eigenvalue weighted by Gasteiger charge is -2.53. The van der Waals surface area contributed by atoms with Crippen LogP contribution in [0.2, 0.25) is 0 Å². The van der Waals surface area contributed by atoms with Crippen LogP contribution in [0.4, 0.5) is 4.79 Å². The summed E-state index contributed by atoms with van der Waals surface area (Å²) in [7, 11) is 0. The van der Waals surface area contributed by atoms with E-state index in [1.165, 1.54) is 37.7 Å². The van der Waals surface area contributed by atoms with E-state index in [0.29, 0.717) is 31.3 Å². The summed E-state index contributed by atoms with van der Waals surface area (Å²) in [5.74, 6) is 2.53. The highest BCUT2D eigenvalue weighted by atomic mass is 16.6. The molecule has 5 aliphatic rings. The molecule has 0 radical (unpaired) electrons. The predicted molar refractivity (Wildman–Crippen MR) is 142 cm³/mol. The van der Waals surface area contributed by atoms with E-state index in [1.807, 2.05) is 30.3 Å². The monoisotopic (exact) mass is 497 g/mol. The minimum absolute atomic E-state index is 0.00574. The fourth-order valence-electron chi connectivity index (χ4n) is 7.98. The van der Waals surface area contributed by atoms with Gasteiger partial charge in [0.25, 0.3) is 0 Å². The third-order valence-corrected chi connectivity index (χ3v) is 9.47. The van der Waals surface area contributed by atoms with Crippen molar-refractivity contribution in [1.82, 2.24) is 15.2 Å². The molecule has 6 heteroatoms. The molecule has 4 aliphatic carbocycles. The van der Waals surface area contributed by atoms with Crippen LogP contribution in [0.3, 0.4) is 0 Å². The molecule has 1 aliphatic heterocycles. The molecule has 6 nitrogen and oxygen atoms in total. The van der Waals surface area contributed by atoms with Gasteiger partial charge in [-0.25, -0.2) is 4.79 Å². The fourth-order valence-corrected chi connectivity index (χ4v) is 7.98. The van der Waals surface area contributed by atoms with Crippen LogP contribution >= 0.6 is 0 Å². The molecule has 192 valence electrons. The van der Waals surface area contributed by atoms with Crippen molar-refractivity contribution in [1.29, 1.82) is 0 Å². The van der Waals surface area contributed by atoms with Crippen molar-refractivity contribution < 1.29 is 14.3 Å². The van der Waals surface area contributed by atoms with Crippen LogP contribution in [0.25, 0.3) is 10.9 Å². The number of H-pyrrole nitrogens is 1. The van der Waals surface area contributed by atoms with Crippen LogP contribution < -0.4 is 5.32 Å². The molecule has 8 rings (SSSR count). The number of carbonyl (C=O) groups is 2. The first-order chi connectivity index (χ1) is 18.1. The first-order valence-corrected chi connectivity index (χ1v) is 14.0. The van der Waals surface area contributed by atoms with Crippen LogP contribution in [0.15, 0.2) is 54.6 Å². The van der Waals surface area contributed by atoms with Gasteiger partial charge in [-0.2, -0.15) is 0 Å². The maximum absolute atomic E-state index is 13.7. The van der Waals surface area contributed by atoms with Crippen molar-refractivity contribution in [2.45, 2.75) is 63.6 Å². The van der Waals surface area contributed by atoms with E-state index in [2.05, 4.69) is 34.6 Å². The number of nitrogens with one attached hydrogen (secondary N) is 2. The molecule has 0 saturated heterocycles. The SMILES string of the molecule is O=C(NCCc1ccccc1)C1Cc2c([nH]c3ccccc23)CN1C(=O)OC1C2CC3CC(C2)CC1C3. The number of nitrogens with zero attached hydrogens (tertiary/aromatic N) is 1. The van der Waals surface area contributed by atoms with E-state index in [-0.39, 0.29) is 18.1 Å². The van der Waals surface area contributed by atoms with Gasteiger partial charge >= 0.3 is 6.09 Å². The molecule has 4 bridgehead atoms. The van der Waals surface area contributed by atoms with Gasteiger partial charge in [0.05, 0.1) is 6.54 Å². The minimum Gasteiger partial charge on any atom is -0.445 e. The van der Waals surface area contributed by atoms with Crippen LogP contribution in [-0.2, 0) is 28.9 Å². The molecule has 2 heterocycles. The fraction of sp³-hybridized carbons (Fsp3) is 0.484. The number of rotatable bonds is 5. The standard InChI is InChI=1S/C31H35N3O3/c35-30(32-11-10-19-6-2-1-3-7-19)28-17-25-24-8-4-5-9-26(24)33-27(25)18-34(28)31(36)37-29-22-13-20-12-21(15-22)16-23(29)14-20/h1-9,20-23,28-29,33H,10-18H2,(H,32,35). The first kappa shape index (κ1) is 22.9. The highest BCUT2D eigenvalue weighted by Crippen LogP contribution is 2.54. The number of hydrogen-bond donors (Lipinski definition) is 2. The molecule has 3 aromatic rings. The summed E-state index contributed by atoms with van der Waals surface area (Å²) < 4.78 is 6.30. The Morgan fingerprint density at radius 2 is 1.62 bits per heavy atom. The van der Waals surface area contributed by atoms with Gasteiger partial charge in [-0.05, 0) is 79.4 Å². The third kappa shape index (κ3) is 4.20. The van der Waals surface area contributed by atoms with E-state index < -0.39 is 6.04 Å². The van der Waals surface area contributed by atoms with Crippen LogP contribution in [-0.4, -0.2) is 40.6 Å². The minimum atomic E-state index is -0.577. The second kappa shape index (κ2) is 9.23. The van der Waals surface area contributed by atoms with Gasteiger partial charge < -0.3 is 15.0 Å². The number of aromatic amines is 1. The molecule has 4 saturated carbocycles. The molecule has 37 heavy (non-hydrogen) atoms. The molecule has 0 spiro atoms. The van der Waals surface area contributed by atoms with Gasteiger partial charge in [0.15, 0.2) is 0 Å². The Labute approximate surface area is 217 Å². The predicted octanol–water partition coefficient (Wildman–Crippen LogP) is 5.21. The Bertz CT molecular complexity index is 1290. The lowest BCUT2D eigenvalue weighted by molar-refractivity contribution is -0.129. The molecular weight excluding hydrogens is 462 g/mol. The highest BCUT2D eigenvalue weighted by molar-refractivity contribution is 5.90. The molecular formula is C31H35N3O3. The lowest BCUT2D eigenvalue weighted by Crippen LogP contribution is -2.55. The Balaban J connectivity index is 1.11. The summed E-state index contributed by atoms with van der Waals surface area (Å²) in [6.07, 6.45) is 7.08. The average molecular weight is 498 g/mol. The van der Waals surface area contributed by atoms with Crippen molar-refractivity contribution in [3.8, 4) is 0 Å². The number of carbonyl (C=O) groups excluding carboxylic acids is 2. The molecule has 2 N–H and O–H groups in total. The van der Waals surface area contributed by atoms with Gasteiger partial charge in [0, 0.05) is 29.6 Å². The van der Waals surface area contributed by atoms with Crippen molar-refractivity contribution in [3.05, 3.63) is 71.4 Å². The van der Waals surface area contributed by atoms with E-state index in [4.69, 9.17) is 4.74 Å². The van der Waals surface area contributed by atoms with Gasteiger partial charge in [-0.15, -0.1) is 0 Å². The number of benzene rings is 2. The zero-order valence-electron chi connectivity index (χ0n) is 21.2. The van der Waals surface area contributed by atoms with Crippen molar-refractivity contribution in [3.63, 3.8) is 0 Å². The summed E-state index contributed by atoms with van der Waals surface area (Å²) in [6, 6.07) is 17.8. The number of hydrogen-bond acceptors (Lipinski definition) is 3. The van der Waals surface area contributed by atoms with Gasteiger partial charge in [-0.3, -0.25) is 9.69 Å². The summed E-state index contributed by atoms with van der Waals surface area (Å²) >= 11 is 0. The first-order valence-electron chi connectivity index (χ1n) is 14.0. The second-order valence-electron chi connectivity index (χ2n) is 11.8. The van der Waals surface area contributed by atoms with Crippen molar-refractivity contribution in [2.75, 3.05) is 6.54 Å². The molecule has 2 amide bonds. The Kier molecular flexibility index (Phi) is 5.71. The lowest BCUT2D eigenvalue weighted by atomic mass is 9.55.